The van der Waals surface area contributed by atoms with Gasteiger partial charge >= 0.3 is 5.97 Å². The van der Waals surface area contributed by atoms with Crippen LogP contribution in [0.2, 0.25) is 0 Å². The SMILES string of the molecule is CCC=CC[C@H](O)C=CC=CCC=C/C=C/[C@@H](O)C=CCCCC(=O)O. The largest absolute Gasteiger partial charge is 0.481 e. The Morgan fingerprint density at radius 2 is 1.58 bits per heavy atom. The van der Waals surface area contributed by atoms with E-state index in [2.05, 4.69) is 6.92 Å². The molecule has 0 radical (unpaired) electrons. The number of aliphatic hydroxyl groups is 2. The van der Waals surface area contributed by atoms with E-state index in [1.54, 1.807) is 30.4 Å². The maximum absolute atomic E-state index is 10.3. The normalized spacial score (nSPS) is 15.5. The van der Waals surface area contributed by atoms with E-state index in [1.165, 1.54) is 0 Å². The topological polar surface area (TPSA) is 77.8 Å². The number of carbonyl (C=O) groups is 1. The second-order valence-electron chi connectivity index (χ2n) is 5.75. The summed E-state index contributed by atoms with van der Waals surface area (Å²) >= 11 is 0. The highest BCUT2D eigenvalue weighted by Gasteiger charge is 1.94. The maximum atomic E-state index is 10.3. The number of rotatable bonds is 14. The molecule has 0 heterocycles. The van der Waals surface area contributed by atoms with E-state index < -0.39 is 18.2 Å². The van der Waals surface area contributed by atoms with Crippen LogP contribution in [0.5, 0.6) is 0 Å². The standard InChI is InChI=1S/C22H32O4/c1-2-3-10-15-20(23)16-11-7-5-4-6-8-12-17-21(24)18-13-9-14-19-22(25)26/h3,5-8,10-13,16-18,20-21,23-24H,2,4,9,14-15,19H2,1H3,(H,25,26)/b7-5?,8-6?,10-3?,16-11?,17-12+,18-13?/t20-,21+/m0/s1. The molecule has 0 aliphatic rings. The molecule has 3 N–H and O–H groups in total. The van der Waals surface area contributed by atoms with Crippen LogP contribution < -0.4 is 0 Å². The van der Waals surface area contributed by atoms with Crippen molar-refractivity contribution in [2.75, 3.05) is 0 Å². The number of hydrogen-bond donors (Lipinski definition) is 3. The monoisotopic (exact) mass is 360 g/mol. The third-order valence-electron chi connectivity index (χ3n) is 3.28. The zero-order valence-electron chi connectivity index (χ0n) is 15.6. The van der Waals surface area contributed by atoms with Crippen LogP contribution in [-0.2, 0) is 4.79 Å². The molecule has 4 heteroatoms. The van der Waals surface area contributed by atoms with Crippen LogP contribution in [0.1, 0.15) is 45.4 Å². The van der Waals surface area contributed by atoms with Crippen molar-refractivity contribution in [1.29, 1.82) is 0 Å². The van der Waals surface area contributed by atoms with Crippen LogP contribution in [0.4, 0.5) is 0 Å². The molecule has 0 aliphatic carbocycles. The molecule has 0 aromatic rings. The van der Waals surface area contributed by atoms with Crippen molar-refractivity contribution >= 4 is 5.97 Å². The van der Waals surface area contributed by atoms with Crippen LogP contribution in [0.15, 0.2) is 72.9 Å². The first-order valence-electron chi connectivity index (χ1n) is 9.12. The molecule has 0 aliphatic heterocycles. The molecular formula is C22H32O4. The quantitative estimate of drug-likeness (QED) is 0.242. The summed E-state index contributed by atoms with van der Waals surface area (Å²) in [6.07, 6.45) is 24.9. The number of hydrogen-bond acceptors (Lipinski definition) is 3. The van der Waals surface area contributed by atoms with Crippen molar-refractivity contribution in [3.05, 3.63) is 72.9 Å². The van der Waals surface area contributed by atoms with Crippen molar-refractivity contribution in [3.8, 4) is 0 Å². The van der Waals surface area contributed by atoms with Gasteiger partial charge in [0.05, 0.1) is 12.2 Å². The van der Waals surface area contributed by atoms with Crippen molar-refractivity contribution < 1.29 is 20.1 Å². The molecule has 0 fully saturated rings. The predicted molar refractivity (Wildman–Crippen MR) is 108 cm³/mol. The Bertz CT molecular complexity index is 524. The number of aliphatic carboxylic acids is 1. The molecule has 0 spiro atoms. The highest BCUT2D eigenvalue weighted by Crippen LogP contribution is 1.99. The molecule has 0 aromatic carbocycles. The minimum atomic E-state index is -0.797. The van der Waals surface area contributed by atoms with Gasteiger partial charge in [0.2, 0.25) is 0 Å². The molecule has 0 unspecified atom stereocenters. The maximum Gasteiger partial charge on any atom is 0.303 e. The zero-order valence-corrected chi connectivity index (χ0v) is 15.6. The zero-order chi connectivity index (χ0) is 19.5. The fraction of sp³-hybridized carbons (Fsp3) is 0.409. The third kappa shape index (κ3) is 18.2. The van der Waals surface area contributed by atoms with Crippen molar-refractivity contribution in [1.82, 2.24) is 0 Å². The van der Waals surface area contributed by atoms with E-state index >= 15 is 0 Å². The van der Waals surface area contributed by atoms with E-state index in [0.29, 0.717) is 19.3 Å². The van der Waals surface area contributed by atoms with Gasteiger partial charge in [-0.05, 0) is 32.1 Å². The van der Waals surface area contributed by atoms with Gasteiger partial charge in [-0.15, -0.1) is 0 Å². The number of carboxylic acids is 1. The van der Waals surface area contributed by atoms with Crippen LogP contribution >= 0.6 is 0 Å². The number of allylic oxidation sites excluding steroid dienone is 8. The van der Waals surface area contributed by atoms with Crippen molar-refractivity contribution in [2.24, 2.45) is 0 Å². The first-order valence-corrected chi connectivity index (χ1v) is 9.12. The summed E-state index contributed by atoms with van der Waals surface area (Å²) < 4.78 is 0. The number of aliphatic hydroxyl groups excluding tert-OH is 2. The van der Waals surface area contributed by atoms with E-state index in [1.807, 2.05) is 42.5 Å². The summed E-state index contributed by atoms with van der Waals surface area (Å²) in [6, 6.07) is 0. The molecule has 0 bridgehead atoms. The lowest BCUT2D eigenvalue weighted by Gasteiger charge is -1.98. The van der Waals surface area contributed by atoms with Gasteiger partial charge in [0.25, 0.3) is 0 Å². The molecule has 2 atom stereocenters. The summed E-state index contributed by atoms with van der Waals surface area (Å²) in [7, 11) is 0. The fourth-order valence-electron chi connectivity index (χ4n) is 1.92. The summed E-state index contributed by atoms with van der Waals surface area (Å²) in [4.78, 5) is 10.3. The first kappa shape index (κ1) is 23.8. The van der Waals surface area contributed by atoms with Gasteiger partial charge in [0.15, 0.2) is 0 Å². The van der Waals surface area contributed by atoms with E-state index in [9.17, 15) is 15.0 Å². The van der Waals surface area contributed by atoms with Gasteiger partial charge < -0.3 is 15.3 Å². The molecular weight excluding hydrogens is 328 g/mol. The Balaban J connectivity index is 3.87. The average molecular weight is 360 g/mol. The summed E-state index contributed by atoms with van der Waals surface area (Å²) in [5.41, 5.74) is 0. The molecule has 0 rings (SSSR count). The van der Waals surface area contributed by atoms with Crippen molar-refractivity contribution in [2.45, 2.75) is 57.7 Å². The van der Waals surface area contributed by atoms with E-state index in [4.69, 9.17) is 5.11 Å². The molecule has 144 valence electrons. The number of unbranched alkanes of at least 4 members (excludes halogenated alkanes) is 1. The minimum Gasteiger partial charge on any atom is -0.481 e. The van der Waals surface area contributed by atoms with E-state index in [-0.39, 0.29) is 6.42 Å². The predicted octanol–water partition coefficient (Wildman–Crippen LogP) is 4.49. The van der Waals surface area contributed by atoms with Crippen LogP contribution in [0, 0.1) is 0 Å². The van der Waals surface area contributed by atoms with Crippen LogP contribution in [-0.4, -0.2) is 33.5 Å². The van der Waals surface area contributed by atoms with Crippen molar-refractivity contribution in [3.63, 3.8) is 0 Å². The molecule has 0 aromatic heterocycles. The number of carboxylic acid groups (broad SMARTS) is 1. The second kappa shape index (κ2) is 17.6. The lowest BCUT2D eigenvalue weighted by atomic mass is 10.2. The summed E-state index contributed by atoms with van der Waals surface area (Å²) in [5.74, 6) is -0.797. The Morgan fingerprint density at radius 3 is 2.23 bits per heavy atom. The highest BCUT2D eigenvalue weighted by atomic mass is 16.4. The van der Waals surface area contributed by atoms with Gasteiger partial charge in [-0.25, -0.2) is 0 Å². The van der Waals surface area contributed by atoms with Gasteiger partial charge in [0.1, 0.15) is 0 Å². The fourth-order valence-corrected chi connectivity index (χ4v) is 1.92. The average Bonchev–Trinajstić information content (AvgIpc) is 2.60. The molecule has 26 heavy (non-hydrogen) atoms. The lowest BCUT2D eigenvalue weighted by Crippen LogP contribution is -1.98. The summed E-state index contributed by atoms with van der Waals surface area (Å²) in [6.45, 7) is 2.06. The van der Waals surface area contributed by atoms with Crippen LogP contribution in [0.3, 0.4) is 0 Å². The molecule has 0 saturated carbocycles. The Kier molecular flexibility index (Phi) is 16.2. The molecule has 4 nitrogen and oxygen atoms in total. The summed E-state index contributed by atoms with van der Waals surface area (Å²) in [5, 5.41) is 27.9. The van der Waals surface area contributed by atoms with Gasteiger partial charge in [-0.2, -0.15) is 0 Å². The lowest BCUT2D eigenvalue weighted by molar-refractivity contribution is -0.137. The van der Waals surface area contributed by atoms with E-state index in [0.717, 1.165) is 12.8 Å². The Morgan fingerprint density at radius 1 is 0.885 bits per heavy atom. The Labute approximate surface area is 157 Å². The minimum absolute atomic E-state index is 0.149. The Hall–Kier alpha value is -2.17. The van der Waals surface area contributed by atoms with Gasteiger partial charge in [-0.3, -0.25) is 4.79 Å². The smallest absolute Gasteiger partial charge is 0.303 e. The highest BCUT2D eigenvalue weighted by molar-refractivity contribution is 5.66. The molecule has 0 amide bonds. The van der Waals surface area contributed by atoms with Gasteiger partial charge in [-0.1, -0.05) is 79.8 Å². The first-order chi connectivity index (χ1) is 12.6. The third-order valence-corrected chi connectivity index (χ3v) is 3.28. The second-order valence-corrected chi connectivity index (χ2v) is 5.75. The molecule has 0 saturated heterocycles. The van der Waals surface area contributed by atoms with Gasteiger partial charge in [0, 0.05) is 6.42 Å². The van der Waals surface area contributed by atoms with Crippen LogP contribution in [0.25, 0.3) is 0 Å².